The Bertz CT molecular complexity index is 630. The van der Waals surface area contributed by atoms with E-state index in [4.69, 9.17) is 10.00 Å². The van der Waals surface area contributed by atoms with E-state index in [1.165, 1.54) is 10.4 Å². The van der Waals surface area contributed by atoms with Gasteiger partial charge in [-0.2, -0.15) is 9.57 Å². The van der Waals surface area contributed by atoms with E-state index in [2.05, 4.69) is 0 Å². The first-order valence-corrected chi connectivity index (χ1v) is 7.96. The molecule has 2 rings (SSSR count). The summed E-state index contributed by atoms with van der Waals surface area (Å²) >= 11 is 0. The number of aryl methyl sites for hydroxylation is 1. The van der Waals surface area contributed by atoms with Gasteiger partial charge in [0.1, 0.15) is 0 Å². The monoisotopic (exact) mass is 294 g/mol. The Morgan fingerprint density at radius 2 is 2.15 bits per heavy atom. The lowest BCUT2D eigenvalue weighted by Crippen LogP contribution is -2.35. The van der Waals surface area contributed by atoms with Gasteiger partial charge in [-0.3, -0.25) is 0 Å². The van der Waals surface area contributed by atoms with Crippen LogP contribution in [-0.2, 0) is 14.8 Å². The molecule has 5 nitrogen and oxygen atoms in total. The molecule has 0 aromatic heterocycles. The van der Waals surface area contributed by atoms with Gasteiger partial charge in [-0.15, -0.1) is 0 Å². The zero-order valence-corrected chi connectivity index (χ0v) is 12.5. The molecule has 6 heteroatoms. The second-order valence-electron chi connectivity index (χ2n) is 4.93. The molecule has 0 heterocycles. The molecular formula is C14H18N2O3S. The summed E-state index contributed by atoms with van der Waals surface area (Å²) in [6.07, 6.45) is 1.80. The molecule has 1 aromatic carbocycles. The summed E-state index contributed by atoms with van der Waals surface area (Å²) in [6, 6.07) is 6.76. The van der Waals surface area contributed by atoms with Crippen LogP contribution in [0, 0.1) is 18.3 Å². The minimum Gasteiger partial charge on any atom is -0.383 e. The third-order valence-electron chi connectivity index (χ3n) is 3.39. The zero-order valence-electron chi connectivity index (χ0n) is 11.7. The second-order valence-corrected chi connectivity index (χ2v) is 6.82. The lowest BCUT2D eigenvalue weighted by molar-refractivity contribution is 0.177. The Labute approximate surface area is 119 Å². The molecule has 0 atom stereocenters. The third kappa shape index (κ3) is 3.01. The highest BCUT2D eigenvalue weighted by atomic mass is 32.2. The average Bonchev–Trinajstić information content (AvgIpc) is 3.23. The van der Waals surface area contributed by atoms with Gasteiger partial charge >= 0.3 is 0 Å². The number of methoxy groups -OCH3 is 1. The predicted octanol–water partition coefficient (Wildman–Crippen LogP) is 1.67. The smallest absolute Gasteiger partial charge is 0.243 e. The molecule has 1 aliphatic rings. The van der Waals surface area contributed by atoms with Crippen molar-refractivity contribution >= 4 is 10.0 Å². The number of ether oxygens (including phenoxy) is 1. The van der Waals surface area contributed by atoms with Crippen LogP contribution in [0.2, 0.25) is 0 Å². The molecule has 1 fully saturated rings. The maximum Gasteiger partial charge on any atom is 0.243 e. The standard InChI is InChI=1S/C14H18N2O3S/c1-11-9-14(6-3-12(11)10-15)20(17,18)16(7-8-19-2)13-4-5-13/h3,6,9,13H,4-5,7-8H2,1-2H3. The highest BCUT2D eigenvalue weighted by Crippen LogP contribution is 2.32. The van der Waals surface area contributed by atoms with Crippen LogP contribution in [0.3, 0.4) is 0 Å². The molecule has 20 heavy (non-hydrogen) atoms. The molecular weight excluding hydrogens is 276 g/mol. The quantitative estimate of drug-likeness (QED) is 0.800. The summed E-state index contributed by atoms with van der Waals surface area (Å²) in [5.74, 6) is 0. The average molecular weight is 294 g/mol. The van der Waals surface area contributed by atoms with Crippen molar-refractivity contribution in [3.05, 3.63) is 29.3 Å². The number of nitriles is 1. The highest BCUT2D eigenvalue weighted by molar-refractivity contribution is 7.89. The van der Waals surface area contributed by atoms with Crippen molar-refractivity contribution in [2.24, 2.45) is 0 Å². The lowest BCUT2D eigenvalue weighted by atomic mass is 10.1. The Balaban J connectivity index is 2.32. The van der Waals surface area contributed by atoms with E-state index in [-0.39, 0.29) is 10.9 Å². The molecule has 108 valence electrons. The number of benzene rings is 1. The predicted molar refractivity (Wildman–Crippen MR) is 74.7 cm³/mol. The van der Waals surface area contributed by atoms with E-state index in [0.717, 1.165) is 12.8 Å². The fourth-order valence-electron chi connectivity index (χ4n) is 2.10. The number of rotatable bonds is 6. The maximum absolute atomic E-state index is 12.7. The molecule has 0 saturated heterocycles. The van der Waals surface area contributed by atoms with Crippen LogP contribution in [0.15, 0.2) is 23.1 Å². The van der Waals surface area contributed by atoms with Crippen molar-refractivity contribution < 1.29 is 13.2 Å². The number of sulfonamides is 1. The summed E-state index contributed by atoms with van der Waals surface area (Å²) in [6.45, 7) is 2.49. The van der Waals surface area contributed by atoms with Gasteiger partial charge in [0.05, 0.1) is 23.1 Å². The van der Waals surface area contributed by atoms with Crippen LogP contribution in [-0.4, -0.2) is 39.0 Å². The fraction of sp³-hybridized carbons (Fsp3) is 0.500. The zero-order chi connectivity index (χ0) is 14.8. The largest absolute Gasteiger partial charge is 0.383 e. The highest BCUT2D eigenvalue weighted by Gasteiger charge is 2.37. The van der Waals surface area contributed by atoms with Crippen molar-refractivity contribution in [2.45, 2.75) is 30.7 Å². The van der Waals surface area contributed by atoms with Gasteiger partial charge in [0.2, 0.25) is 10.0 Å². The van der Waals surface area contributed by atoms with Crippen LogP contribution in [0.1, 0.15) is 24.0 Å². The first-order chi connectivity index (χ1) is 9.50. The van der Waals surface area contributed by atoms with Crippen molar-refractivity contribution in [3.63, 3.8) is 0 Å². The van der Waals surface area contributed by atoms with Gasteiger partial charge in [-0.1, -0.05) is 0 Å². The van der Waals surface area contributed by atoms with Gasteiger partial charge in [0.25, 0.3) is 0 Å². The van der Waals surface area contributed by atoms with Gasteiger partial charge < -0.3 is 4.74 Å². The van der Waals surface area contributed by atoms with Crippen LogP contribution in [0.5, 0.6) is 0 Å². The molecule has 0 bridgehead atoms. The summed E-state index contributed by atoms with van der Waals surface area (Å²) in [7, 11) is -1.95. The van der Waals surface area contributed by atoms with Crippen molar-refractivity contribution in [3.8, 4) is 6.07 Å². The van der Waals surface area contributed by atoms with Gasteiger partial charge in [0.15, 0.2) is 0 Å². The van der Waals surface area contributed by atoms with Crippen LogP contribution in [0.25, 0.3) is 0 Å². The molecule has 1 aromatic rings. The number of hydrogen-bond donors (Lipinski definition) is 0. The Morgan fingerprint density at radius 1 is 1.45 bits per heavy atom. The Hall–Kier alpha value is -1.42. The summed E-state index contributed by atoms with van der Waals surface area (Å²) in [4.78, 5) is 0.247. The van der Waals surface area contributed by atoms with Gasteiger partial charge in [0, 0.05) is 19.7 Å². The van der Waals surface area contributed by atoms with Crippen LogP contribution in [0.4, 0.5) is 0 Å². The van der Waals surface area contributed by atoms with Crippen LogP contribution < -0.4 is 0 Å². The van der Waals surface area contributed by atoms with E-state index in [1.54, 1.807) is 26.2 Å². The van der Waals surface area contributed by atoms with Crippen molar-refractivity contribution in [2.75, 3.05) is 20.3 Å². The molecule has 1 saturated carbocycles. The summed E-state index contributed by atoms with van der Waals surface area (Å²) in [5.41, 5.74) is 1.18. The third-order valence-corrected chi connectivity index (χ3v) is 5.34. The molecule has 1 aliphatic carbocycles. The van der Waals surface area contributed by atoms with Crippen molar-refractivity contribution in [1.29, 1.82) is 5.26 Å². The van der Waals surface area contributed by atoms with Gasteiger partial charge in [-0.05, 0) is 43.5 Å². The lowest BCUT2D eigenvalue weighted by Gasteiger charge is -2.21. The van der Waals surface area contributed by atoms with E-state index in [9.17, 15) is 8.42 Å². The van der Waals surface area contributed by atoms with Gasteiger partial charge in [-0.25, -0.2) is 8.42 Å². The topological polar surface area (TPSA) is 70.4 Å². The minimum absolute atomic E-state index is 0.0890. The minimum atomic E-state index is -3.51. The molecule has 0 aliphatic heterocycles. The Morgan fingerprint density at radius 3 is 2.65 bits per heavy atom. The Kier molecular flexibility index (Phi) is 4.43. The number of nitrogens with zero attached hydrogens (tertiary/aromatic N) is 2. The molecule has 0 amide bonds. The fourth-order valence-corrected chi connectivity index (χ4v) is 3.85. The van der Waals surface area contributed by atoms with E-state index in [1.807, 2.05) is 6.07 Å². The second kappa shape index (κ2) is 5.92. The molecule has 0 N–H and O–H groups in total. The van der Waals surface area contributed by atoms with Crippen molar-refractivity contribution in [1.82, 2.24) is 4.31 Å². The van der Waals surface area contributed by atoms with E-state index in [0.29, 0.717) is 24.3 Å². The molecule has 0 unspecified atom stereocenters. The summed E-state index contributed by atoms with van der Waals surface area (Å²) in [5, 5.41) is 8.91. The molecule has 0 radical (unpaired) electrons. The number of hydrogen-bond acceptors (Lipinski definition) is 4. The van der Waals surface area contributed by atoms with Crippen LogP contribution >= 0.6 is 0 Å². The van der Waals surface area contributed by atoms with E-state index >= 15 is 0 Å². The normalized spacial score (nSPS) is 15.3. The maximum atomic E-state index is 12.7. The first kappa shape index (κ1) is 15.0. The van der Waals surface area contributed by atoms with E-state index < -0.39 is 10.0 Å². The first-order valence-electron chi connectivity index (χ1n) is 6.52. The molecule has 0 spiro atoms. The SMILES string of the molecule is COCCN(C1CC1)S(=O)(=O)c1ccc(C#N)c(C)c1. The summed E-state index contributed by atoms with van der Waals surface area (Å²) < 4.78 is 31.8.